The molecular formula is C37H47F2N5O7. The van der Waals surface area contributed by atoms with Gasteiger partial charge in [-0.25, -0.2) is 13.6 Å². The van der Waals surface area contributed by atoms with Gasteiger partial charge in [-0.15, -0.1) is 0 Å². The second-order valence-corrected chi connectivity index (χ2v) is 13.4. The number of nitrogens with one attached hydrogen (secondary N) is 2. The van der Waals surface area contributed by atoms with Crippen LogP contribution in [0.2, 0.25) is 0 Å². The van der Waals surface area contributed by atoms with Crippen molar-refractivity contribution in [3.8, 4) is 11.1 Å². The largest absolute Gasteiger partial charge is 0.480 e. The molecule has 3 aromatic rings. The summed E-state index contributed by atoms with van der Waals surface area (Å²) >= 11 is 0. The average molecular weight is 712 g/mol. The standard InChI is InChI=1S/C37H47F2N5O7/c1-5-32(47)41-19-26(46)12-14-30(36(50)51)42-35(49)29(40)15-16-44(33(48)22-45)34(37(2,3)4)31-17-24(27-18-25(38)11-13-28(27)39)21-43(31)20-23-9-7-6-8-10-23/h6-11,13,17-18,21,29-30,34,45H,5,12,14-16,19-20,22,40H2,1-4H3,(H,41,47)(H,42,49)(H,50,51)/t29-,30?,34-/m0/s1. The summed E-state index contributed by atoms with van der Waals surface area (Å²) < 4.78 is 31.1. The maximum atomic E-state index is 15.0. The first-order valence-corrected chi connectivity index (χ1v) is 16.7. The van der Waals surface area contributed by atoms with Crippen molar-refractivity contribution in [1.29, 1.82) is 0 Å². The number of hydrogen-bond donors (Lipinski definition) is 5. The molecule has 51 heavy (non-hydrogen) atoms. The molecule has 1 unspecified atom stereocenters. The number of carboxylic acids is 1. The smallest absolute Gasteiger partial charge is 0.326 e. The van der Waals surface area contributed by atoms with Crippen LogP contribution in [0.15, 0.2) is 60.8 Å². The van der Waals surface area contributed by atoms with E-state index in [4.69, 9.17) is 5.73 Å². The van der Waals surface area contributed by atoms with Gasteiger partial charge in [-0.05, 0) is 48.1 Å². The number of aliphatic carboxylic acids is 1. The number of benzene rings is 2. The molecule has 0 aliphatic carbocycles. The van der Waals surface area contributed by atoms with Crippen molar-refractivity contribution in [2.45, 2.75) is 78.0 Å². The molecule has 3 rings (SSSR count). The molecule has 276 valence electrons. The first-order chi connectivity index (χ1) is 24.0. The predicted molar refractivity (Wildman–Crippen MR) is 186 cm³/mol. The highest BCUT2D eigenvalue weighted by Crippen LogP contribution is 2.41. The van der Waals surface area contributed by atoms with E-state index in [0.717, 1.165) is 23.8 Å². The Morgan fingerprint density at radius 1 is 1.00 bits per heavy atom. The molecule has 0 spiro atoms. The van der Waals surface area contributed by atoms with Crippen molar-refractivity contribution in [3.63, 3.8) is 0 Å². The number of aliphatic hydroxyl groups excluding tert-OH is 1. The second-order valence-electron chi connectivity index (χ2n) is 13.4. The van der Waals surface area contributed by atoms with Crippen molar-refractivity contribution in [3.05, 3.63) is 83.7 Å². The molecule has 0 bridgehead atoms. The van der Waals surface area contributed by atoms with Gasteiger partial charge in [-0.1, -0.05) is 58.0 Å². The maximum absolute atomic E-state index is 15.0. The monoisotopic (exact) mass is 711 g/mol. The Hall–Kier alpha value is -4.95. The van der Waals surface area contributed by atoms with E-state index in [1.807, 2.05) is 55.7 Å². The van der Waals surface area contributed by atoms with Crippen molar-refractivity contribution in [2.24, 2.45) is 11.1 Å². The summed E-state index contributed by atoms with van der Waals surface area (Å²) in [6, 6.07) is 10.7. The SMILES string of the molecule is CCC(=O)NCC(=O)CCC(NC(=O)[C@@H](N)CCN(C(=O)CO)[C@@H](c1cc(-c2cc(F)ccc2F)cn1Cc1ccccc1)C(C)(C)C)C(=O)O. The summed E-state index contributed by atoms with van der Waals surface area (Å²) in [5, 5.41) is 24.5. The van der Waals surface area contributed by atoms with Gasteiger partial charge in [0.1, 0.15) is 24.3 Å². The molecule has 0 fully saturated rings. The fourth-order valence-corrected chi connectivity index (χ4v) is 5.76. The lowest BCUT2D eigenvalue weighted by Gasteiger charge is -2.41. The minimum absolute atomic E-state index is 0.0230. The molecule has 6 N–H and O–H groups in total. The summed E-state index contributed by atoms with van der Waals surface area (Å²) in [5.41, 5.74) is 7.32. The third kappa shape index (κ3) is 11.5. The van der Waals surface area contributed by atoms with Crippen molar-refractivity contribution >= 4 is 29.5 Å². The minimum atomic E-state index is -1.44. The number of aromatic nitrogens is 1. The number of carboxylic acid groups (broad SMARTS) is 1. The van der Waals surface area contributed by atoms with Crippen LogP contribution in [0.25, 0.3) is 11.1 Å². The number of carbonyl (C=O) groups excluding carboxylic acids is 4. The lowest BCUT2D eigenvalue weighted by atomic mass is 9.82. The summed E-state index contributed by atoms with van der Waals surface area (Å²) in [5.74, 6) is -4.88. The van der Waals surface area contributed by atoms with Crippen LogP contribution in [-0.2, 0) is 30.5 Å². The van der Waals surface area contributed by atoms with Crippen LogP contribution >= 0.6 is 0 Å². The first-order valence-electron chi connectivity index (χ1n) is 16.7. The fourth-order valence-electron chi connectivity index (χ4n) is 5.76. The molecular weight excluding hydrogens is 664 g/mol. The Morgan fingerprint density at radius 2 is 1.69 bits per heavy atom. The predicted octanol–water partition coefficient (Wildman–Crippen LogP) is 3.55. The van der Waals surface area contributed by atoms with Crippen LogP contribution in [0.4, 0.5) is 8.78 Å². The van der Waals surface area contributed by atoms with Gasteiger partial charge in [0.15, 0.2) is 5.78 Å². The van der Waals surface area contributed by atoms with Gasteiger partial charge in [-0.2, -0.15) is 0 Å². The normalized spacial score (nSPS) is 13.2. The Morgan fingerprint density at radius 3 is 2.29 bits per heavy atom. The highest BCUT2D eigenvalue weighted by Gasteiger charge is 2.37. The van der Waals surface area contributed by atoms with Crippen LogP contribution < -0.4 is 16.4 Å². The number of aliphatic hydroxyl groups is 1. The van der Waals surface area contributed by atoms with Gasteiger partial charge in [0.25, 0.3) is 0 Å². The maximum Gasteiger partial charge on any atom is 0.326 e. The Balaban J connectivity index is 1.90. The molecule has 0 aliphatic heterocycles. The number of amides is 3. The van der Waals surface area contributed by atoms with Gasteiger partial charge in [0.05, 0.1) is 18.6 Å². The number of hydrogen-bond acceptors (Lipinski definition) is 7. The summed E-state index contributed by atoms with van der Waals surface area (Å²) in [6.45, 7) is 6.29. The van der Waals surface area contributed by atoms with E-state index in [0.29, 0.717) is 17.8 Å². The average Bonchev–Trinajstić information content (AvgIpc) is 3.49. The summed E-state index contributed by atoms with van der Waals surface area (Å²) in [6.07, 6.45) is 1.28. The molecule has 3 amide bonds. The van der Waals surface area contributed by atoms with Crippen LogP contribution in [0.3, 0.4) is 0 Å². The van der Waals surface area contributed by atoms with E-state index in [1.165, 1.54) is 4.90 Å². The second kappa shape index (κ2) is 18.3. The van der Waals surface area contributed by atoms with E-state index in [2.05, 4.69) is 10.6 Å². The number of carbonyl (C=O) groups is 5. The molecule has 0 saturated carbocycles. The van der Waals surface area contributed by atoms with Crippen LogP contribution in [0, 0.1) is 17.0 Å². The zero-order valence-corrected chi connectivity index (χ0v) is 29.3. The van der Waals surface area contributed by atoms with Gasteiger partial charge in [0, 0.05) is 48.9 Å². The lowest BCUT2D eigenvalue weighted by molar-refractivity contribution is -0.142. The number of ketones is 1. The number of nitrogens with two attached hydrogens (primary N) is 1. The van der Waals surface area contributed by atoms with E-state index < -0.39 is 65.3 Å². The summed E-state index contributed by atoms with van der Waals surface area (Å²) in [4.78, 5) is 63.3. The zero-order valence-electron chi connectivity index (χ0n) is 29.3. The van der Waals surface area contributed by atoms with Crippen molar-refractivity contribution in [1.82, 2.24) is 20.1 Å². The first kappa shape index (κ1) is 40.5. The molecule has 0 aliphatic rings. The Bertz CT molecular complexity index is 1690. The highest BCUT2D eigenvalue weighted by atomic mass is 19.1. The van der Waals surface area contributed by atoms with E-state index in [1.54, 1.807) is 19.2 Å². The van der Waals surface area contributed by atoms with Gasteiger partial charge in [-0.3, -0.25) is 19.2 Å². The zero-order chi connectivity index (χ0) is 37.9. The van der Waals surface area contributed by atoms with Crippen LogP contribution in [0.5, 0.6) is 0 Å². The quantitative estimate of drug-likeness (QED) is 0.133. The van der Waals surface area contributed by atoms with E-state index >= 15 is 0 Å². The Kier molecular flexibility index (Phi) is 14.6. The van der Waals surface area contributed by atoms with Crippen LogP contribution in [-0.4, -0.2) is 80.9 Å². The fraction of sp³-hybridized carbons (Fsp3) is 0.432. The minimum Gasteiger partial charge on any atom is -0.480 e. The number of halogens is 2. The topological polar surface area (TPSA) is 184 Å². The third-order valence-corrected chi connectivity index (χ3v) is 8.38. The van der Waals surface area contributed by atoms with Crippen molar-refractivity contribution < 1.29 is 43.0 Å². The van der Waals surface area contributed by atoms with Gasteiger partial charge in [0.2, 0.25) is 17.7 Å². The molecule has 2 aromatic carbocycles. The number of nitrogens with zero attached hydrogens (tertiary/aromatic N) is 2. The highest BCUT2D eigenvalue weighted by molar-refractivity contribution is 5.88. The van der Waals surface area contributed by atoms with E-state index in [-0.39, 0.29) is 50.2 Å². The van der Waals surface area contributed by atoms with Crippen molar-refractivity contribution in [2.75, 3.05) is 19.7 Å². The molecule has 1 heterocycles. The Labute approximate surface area is 296 Å². The van der Waals surface area contributed by atoms with Gasteiger partial charge >= 0.3 is 5.97 Å². The molecule has 1 aromatic heterocycles. The molecule has 0 radical (unpaired) electrons. The number of rotatable bonds is 18. The van der Waals surface area contributed by atoms with Crippen LogP contribution in [0.1, 0.15) is 70.7 Å². The summed E-state index contributed by atoms with van der Waals surface area (Å²) in [7, 11) is 0. The third-order valence-electron chi connectivity index (χ3n) is 8.38. The lowest BCUT2D eigenvalue weighted by Crippen LogP contribution is -2.50. The van der Waals surface area contributed by atoms with E-state index in [9.17, 15) is 43.0 Å². The van der Waals surface area contributed by atoms with Gasteiger partial charge < -0.3 is 36.0 Å². The molecule has 12 nitrogen and oxygen atoms in total. The molecule has 0 saturated heterocycles. The molecule has 3 atom stereocenters. The number of Topliss-reactive ketones (excluding diaryl/α,β-unsaturated/α-hetero) is 1. The molecule has 14 heteroatoms.